The molecule has 0 radical (unpaired) electrons. The number of carboxylic acids is 1. The van der Waals surface area contributed by atoms with Crippen LogP contribution in [0.3, 0.4) is 0 Å². The second-order valence-electron chi connectivity index (χ2n) is 12.9. The van der Waals surface area contributed by atoms with E-state index in [2.05, 4.69) is 4.90 Å². The van der Waals surface area contributed by atoms with Crippen LogP contribution in [-0.2, 0) is 10.2 Å². The average Bonchev–Trinajstić information content (AvgIpc) is 3.87. The van der Waals surface area contributed by atoms with Gasteiger partial charge >= 0.3 is 12.6 Å². The van der Waals surface area contributed by atoms with Crippen LogP contribution in [0.2, 0.25) is 0 Å². The van der Waals surface area contributed by atoms with E-state index >= 15 is 0 Å². The molecule has 2 N–H and O–H groups in total. The van der Waals surface area contributed by atoms with E-state index < -0.39 is 29.8 Å². The minimum absolute atomic E-state index is 0.0284. The van der Waals surface area contributed by atoms with Crippen molar-refractivity contribution < 1.29 is 38.1 Å². The lowest BCUT2D eigenvalue weighted by Crippen LogP contribution is -2.27. The molecule has 12 heteroatoms. The van der Waals surface area contributed by atoms with E-state index in [4.69, 9.17) is 37.4 Å². The van der Waals surface area contributed by atoms with Gasteiger partial charge in [0.1, 0.15) is 5.75 Å². The summed E-state index contributed by atoms with van der Waals surface area (Å²) >= 11 is 13.2. The fourth-order valence-corrected chi connectivity index (χ4v) is 7.28. The highest BCUT2D eigenvalue weighted by molar-refractivity contribution is 6.36. The van der Waals surface area contributed by atoms with Crippen molar-refractivity contribution in [3.8, 4) is 17.2 Å². The maximum absolute atomic E-state index is 13.3. The molecule has 3 fully saturated rings. The number of hydroxylamine groups is 2. The number of nitrogens with zero attached hydrogens (tertiary/aromatic N) is 2. The van der Waals surface area contributed by atoms with Crippen molar-refractivity contribution in [2.45, 2.75) is 56.5 Å². The molecule has 2 aromatic carbocycles. The Bertz CT molecular complexity index is 1550. The number of aliphatic carboxylic acids is 1. The van der Waals surface area contributed by atoms with Gasteiger partial charge in [0, 0.05) is 24.8 Å². The van der Waals surface area contributed by atoms with Crippen molar-refractivity contribution >= 4 is 34.9 Å². The summed E-state index contributed by atoms with van der Waals surface area (Å²) in [6, 6.07) is 10.3. The standard InChI is InChI=1S/C34H38Cl2F2N2O6/c1-39(15-19-3-4-19)28-12-22(8-10-29(28)44-2)34(32(41)42)14-25(34)23(13-24-26(35)16-40(43)17-27(24)36)21-7-9-30(46-33(37)38)31(11-21)45-18-20-5-6-20/h7-12,16,19-20,23,25,33,43H,3-6,13-15,17-18H2,1-2H3,(H,41,42). The van der Waals surface area contributed by atoms with Crippen LogP contribution in [0.4, 0.5) is 14.5 Å². The zero-order chi connectivity index (χ0) is 32.7. The molecule has 0 aromatic heterocycles. The maximum Gasteiger partial charge on any atom is 0.387 e. The van der Waals surface area contributed by atoms with Gasteiger partial charge in [0.15, 0.2) is 11.5 Å². The van der Waals surface area contributed by atoms with E-state index in [1.165, 1.54) is 25.1 Å². The molecule has 4 aliphatic rings. The molecule has 8 nitrogen and oxygen atoms in total. The van der Waals surface area contributed by atoms with Gasteiger partial charge in [0.2, 0.25) is 0 Å². The molecule has 3 atom stereocenters. The highest BCUT2D eigenvalue weighted by Crippen LogP contribution is 2.63. The van der Waals surface area contributed by atoms with E-state index in [9.17, 15) is 23.9 Å². The number of methoxy groups -OCH3 is 1. The normalized spacial score (nSPS) is 23.3. The molecule has 2 aromatic rings. The van der Waals surface area contributed by atoms with Crippen molar-refractivity contribution in [3.05, 3.63) is 69.4 Å². The topological polar surface area (TPSA) is 91.7 Å². The minimum atomic E-state index is -3.04. The minimum Gasteiger partial charge on any atom is -0.495 e. The Kier molecular flexibility index (Phi) is 9.33. The van der Waals surface area contributed by atoms with E-state index in [1.807, 2.05) is 25.2 Å². The first-order valence-corrected chi connectivity index (χ1v) is 16.3. The fraction of sp³-hybridized carbons (Fsp3) is 0.500. The highest BCUT2D eigenvalue weighted by atomic mass is 35.5. The molecule has 0 amide bonds. The Hall–Kier alpha value is -3.21. The third kappa shape index (κ3) is 6.89. The molecule has 3 aliphatic carbocycles. The number of carbonyl (C=O) groups is 1. The Morgan fingerprint density at radius 1 is 1.09 bits per heavy atom. The fourth-order valence-electron chi connectivity index (χ4n) is 6.62. The molecule has 1 aliphatic heterocycles. The number of hydrogen-bond donors (Lipinski definition) is 2. The maximum atomic E-state index is 13.3. The number of allylic oxidation sites excluding steroid dienone is 2. The summed E-state index contributed by atoms with van der Waals surface area (Å²) in [4.78, 5) is 15.4. The van der Waals surface area contributed by atoms with Gasteiger partial charge < -0.3 is 24.2 Å². The van der Waals surface area contributed by atoms with Crippen molar-refractivity contribution in [2.75, 3.05) is 38.8 Å². The molecule has 3 saturated carbocycles. The first-order chi connectivity index (χ1) is 22.0. The number of anilines is 1. The van der Waals surface area contributed by atoms with Crippen LogP contribution in [0.15, 0.2) is 58.2 Å². The van der Waals surface area contributed by atoms with Gasteiger partial charge in [-0.3, -0.25) is 15.1 Å². The van der Waals surface area contributed by atoms with Crippen molar-refractivity contribution in [1.82, 2.24) is 5.06 Å². The summed E-state index contributed by atoms with van der Waals surface area (Å²) in [5, 5.41) is 22.3. The summed E-state index contributed by atoms with van der Waals surface area (Å²) < 4.78 is 43.0. The van der Waals surface area contributed by atoms with Gasteiger partial charge in [-0.15, -0.1) is 0 Å². The zero-order valence-corrected chi connectivity index (χ0v) is 27.2. The Morgan fingerprint density at radius 2 is 1.80 bits per heavy atom. The molecular formula is C34H38Cl2F2N2O6. The van der Waals surface area contributed by atoms with Gasteiger partial charge in [-0.25, -0.2) is 0 Å². The Balaban J connectivity index is 1.40. The molecule has 0 bridgehead atoms. The first-order valence-electron chi connectivity index (χ1n) is 15.6. The van der Waals surface area contributed by atoms with Crippen LogP contribution in [0, 0.1) is 17.8 Å². The van der Waals surface area contributed by atoms with E-state index in [0.29, 0.717) is 52.3 Å². The Morgan fingerprint density at radius 3 is 2.43 bits per heavy atom. The number of rotatable bonds is 15. The van der Waals surface area contributed by atoms with Crippen LogP contribution in [-0.4, -0.2) is 61.8 Å². The molecule has 46 heavy (non-hydrogen) atoms. The smallest absolute Gasteiger partial charge is 0.387 e. The largest absolute Gasteiger partial charge is 0.495 e. The predicted molar refractivity (Wildman–Crippen MR) is 170 cm³/mol. The summed E-state index contributed by atoms with van der Waals surface area (Å²) in [5.41, 5.74) is 1.51. The molecule has 248 valence electrons. The third-order valence-electron chi connectivity index (χ3n) is 9.60. The van der Waals surface area contributed by atoms with E-state index in [0.717, 1.165) is 30.1 Å². The molecule has 6 rings (SSSR count). The van der Waals surface area contributed by atoms with Crippen LogP contribution in [0.5, 0.6) is 17.2 Å². The van der Waals surface area contributed by atoms with Gasteiger partial charge in [-0.1, -0.05) is 35.3 Å². The molecule has 3 unspecified atom stereocenters. The van der Waals surface area contributed by atoms with Crippen LogP contribution in [0.1, 0.15) is 55.6 Å². The number of halogens is 4. The number of hydrogen-bond acceptors (Lipinski definition) is 7. The van der Waals surface area contributed by atoms with Gasteiger partial charge in [-0.05, 0) is 103 Å². The number of alkyl halides is 2. The summed E-state index contributed by atoms with van der Waals surface area (Å²) in [7, 11) is 3.59. The van der Waals surface area contributed by atoms with Gasteiger partial charge in [0.05, 0.1) is 36.4 Å². The number of carboxylic acid groups (broad SMARTS) is 1. The molecule has 1 heterocycles. The molecular weight excluding hydrogens is 641 g/mol. The van der Waals surface area contributed by atoms with Crippen molar-refractivity contribution in [1.29, 1.82) is 0 Å². The van der Waals surface area contributed by atoms with Gasteiger partial charge in [-0.2, -0.15) is 8.78 Å². The third-order valence-corrected chi connectivity index (χ3v) is 10.3. The lowest BCUT2D eigenvalue weighted by molar-refractivity contribution is -0.140. The molecule has 0 saturated heterocycles. The van der Waals surface area contributed by atoms with E-state index in [1.54, 1.807) is 19.2 Å². The predicted octanol–water partition coefficient (Wildman–Crippen LogP) is 7.73. The number of ether oxygens (including phenoxy) is 3. The molecule has 0 spiro atoms. The summed E-state index contributed by atoms with van der Waals surface area (Å²) in [5.74, 6) is -0.0915. The van der Waals surface area contributed by atoms with Crippen LogP contribution < -0.4 is 19.1 Å². The summed E-state index contributed by atoms with van der Waals surface area (Å²) in [6.45, 7) is -1.79. The number of benzene rings is 2. The van der Waals surface area contributed by atoms with Crippen LogP contribution in [0.25, 0.3) is 0 Å². The first kappa shape index (κ1) is 32.7. The highest BCUT2D eigenvalue weighted by Gasteiger charge is 2.64. The lowest BCUT2D eigenvalue weighted by atomic mass is 9.81. The zero-order valence-electron chi connectivity index (χ0n) is 25.7. The second-order valence-corrected chi connectivity index (χ2v) is 13.8. The summed E-state index contributed by atoms with van der Waals surface area (Å²) in [6.07, 6.45) is 6.32. The monoisotopic (exact) mass is 678 g/mol. The van der Waals surface area contributed by atoms with Gasteiger partial charge in [0.25, 0.3) is 0 Å². The van der Waals surface area contributed by atoms with Crippen molar-refractivity contribution in [2.24, 2.45) is 17.8 Å². The SMILES string of the molecule is COc1ccc(C2(C(=O)O)CC2C(CC2=C(Cl)CN(O)C=C2Cl)c2ccc(OC(F)F)c(OCC3CC3)c2)cc1N(C)CC1CC1. The quantitative estimate of drug-likeness (QED) is 0.198. The average molecular weight is 680 g/mol. The van der Waals surface area contributed by atoms with E-state index in [-0.39, 0.29) is 29.5 Å². The van der Waals surface area contributed by atoms with Crippen molar-refractivity contribution in [3.63, 3.8) is 0 Å². The Labute approximate surface area is 277 Å². The second kappa shape index (κ2) is 13.1. The lowest BCUT2D eigenvalue weighted by Gasteiger charge is -2.28. The van der Waals surface area contributed by atoms with Crippen LogP contribution >= 0.6 is 23.2 Å².